The molecule has 1 heterocycles. The molecule has 0 aliphatic heterocycles. The molecule has 0 atom stereocenters. The van der Waals surface area contributed by atoms with E-state index in [2.05, 4.69) is 36.1 Å². The molecule has 2 aromatic rings. The number of aromatic nitrogens is 2. The van der Waals surface area contributed by atoms with E-state index in [9.17, 15) is 4.39 Å². The molecule has 1 N–H and O–H groups in total. The molecule has 21 heavy (non-hydrogen) atoms. The largest absolute Gasteiger partial charge is 0.472 e. The Morgan fingerprint density at radius 2 is 1.90 bits per heavy atom. The van der Waals surface area contributed by atoms with Gasteiger partial charge < -0.3 is 10.1 Å². The van der Waals surface area contributed by atoms with E-state index in [1.54, 1.807) is 30.6 Å². The molecule has 0 spiro atoms. The molecule has 0 aliphatic carbocycles. The van der Waals surface area contributed by atoms with Crippen molar-refractivity contribution in [2.45, 2.75) is 39.5 Å². The molecule has 0 radical (unpaired) electrons. The van der Waals surface area contributed by atoms with E-state index in [1.807, 2.05) is 0 Å². The molecule has 4 nitrogen and oxygen atoms in total. The lowest BCUT2D eigenvalue weighted by Gasteiger charge is -2.19. The van der Waals surface area contributed by atoms with E-state index in [1.165, 1.54) is 6.07 Å². The molecule has 0 aliphatic rings. The van der Waals surface area contributed by atoms with E-state index < -0.39 is 0 Å². The minimum absolute atomic E-state index is 0.0295. The summed E-state index contributed by atoms with van der Waals surface area (Å²) in [7, 11) is 0. The van der Waals surface area contributed by atoms with Crippen LogP contribution in [0.3, 0.4) is 0 Å². The van der Waals surface area contributed by atoms with Gasteiger partial charge in [0.05, 0.1) is 18.1 Å². The molecular formula is C16H20FN3O. The van der Waals surface area contributed by atoms with Gasteiger partial charge in [-0.1, -0.05) is 18.2 Å². The van der Waals surface area contributed by atoms with Gasteiger partial charge in [0.15, 0.2) is 0 Å². The van der Waals surface area contributed by atoms with E-state index >= 15 is 0 Å². The highest BCUT2D eigenvalue weighted by Gasteiger charge is 2.09. The van der Waals surface area contributed by atoms with Crippen LogP contribution >= 0.6 is 0 Å². The van der Waals surface area contributed by atoms with Crippen molar-refractivity contribution < 1.29 is 9.13 Å². The predicted molar refractivity (Wildman–Crippen MR) is 79.4 cm³/mol. The second kappa shape index (κ2) is 6.63. The molecule has 0 amide bonds. The number of hydrogen-bond donors (Lipinski definition) is 1. The Kier molecular flexibility index (Phi) is 4.85. The second-order valence-electron chi connectivity index (χ2n) is 5.83. The average Bonchev–Trinajstić information content (AvgIpc) is 2.45. The van der Waals surface area contributed by atoms with Gasteiger partial charge in [0.25, 0.3) is 0 Å². The Morgan fingerprint density at radius 3 is 2.52 bits per heavy atom. The summed E-state index contributed by atoms with van der Waals surface area (Å²) < 4.78 is 18.9. The fourth-order valence-electron chi connectivity index (χ4n) is 1.63. The van der Waals surface area contributed by atoms with Gasteiger partial charge in [-0.05, 0) is 26.8 Å². The minimum atomic E-state index is -0.281. The molecule has 0 fully saturated rings. The van der Waals surface area contributed by atoms with Gasteiger partial charge in [-0.3, -0.25) is 4.98 Å². The lowest BCUT2D eigenvalue weighted by atomic mass is 10.1. The number of nitrogens with one attached hydrogen (secondary N) is 1. The van der Waals surface area contributed by atoms with Crippen LogP contribution in [0.15, 0.2) is 36.7 Å². The molecule has 1 aromatic heterocycles. The first-order valence-corrected chi connectivity index (χ1v) is 6.86. The maximum Gasteiger partial charge on any atom is 0.232 e. The lowest BCUT2D eigenvalue weighted by Crippen LogP contribution is -2.35. The molecular weight excluding hydrogens is 269 g/mol. The van der Waals surface area contributed by atoms with E-state index in [0.717, 1.165) is 5.69 Å². The van der Waals surface area contributed by atoms with Crippen molar-refractivity contribution in [1.29, 1.82) is 0 Å². The van der Waals surface area contributed by atoms with Gasteiger partial charge in [0, 0.05) is 17.6 Å². The maximum atomic E-state index is 13.4. The van der Waals surface area contributed by atoms with E-state index in [-0.39, 0.29) is 18.0 Å². The highest BCUT2D eigenvalue weighted by Crippen LogP contribution is 2.11. The van der Waals surface area contributed by atoms with Gasteiger partial charge in [-0.15, -0.1) is 0 Å². The van der Waals surface area contributed by atoms with Crippen LogP contribution < -0.4 is 10.1 Å². The first-order valence-electron chi connectivity index (χ1n) is 6.86. The highest BCUT2D eigenvalue weighted by molar-refractivity contribution is 5.17. The van der Waals surface area contributed by atoms with E-state index in [4.69, 9.17) is 4.74 Å². The number of nitrogens with zero attached hydrogens (tertiary/aromatic N) is 2. The summed E-state index contributed by atoms with van der Waals surface area (Å²) in [6.07, 6.45) is 3.22. The number of ether oxygens (including phenoxy) is 1. The molecule has 0 saturated heterocycles. The zero-order valence-corrected chi connectivity index (χ0v) is 12.6. The zero-order valence-electron chi connectivity index (χ0n) is 12.6. The summed E-state index contributed by atoms with van der Waals surface area (Å²) in [5.74, 6) is 0.106. The van der Waals surface area contributed by atoms with Crippen LogP contribution in [0.1, 0.15) is 32.0 Å². The molecule has 0 saturated carbocycles. The third kappa shape index (κ3) is 5.11. The van der Waals surface area contributed by atoms with E-state index in [0.29, 0.717) is 18.0 Å². The molecule has 0 unspecified atom stereocenters. The first kappa shape index (κ1) is 15.4. The van der Waals surface area contributed by atoms with Crippen molar-refractivity contribution in [1.82, 2.24) is 15.3 Å². The maximum absolute atomic E-state index is 13.4. The fraction of sp³-hybridized carbons (Fsp3) is 0.375. The number of halogens is 1. The third-order valence-electron chi connectivity index (χ3n) is 2.81. The van der Waals surface area contributed by atoms with Gasteiger partial charge in [0.2, 0.25) is 5.88 Å². The predicted octanol–water partition coefficient (Wildman–Crippen LogP) is 3.08. The van der Waals surface area contributed by atoms with Crippen LogP contribution in [0.4, 0.5) is 4.39 Å². The monoisotopic (exact) mass is 289 g/mol. The molecule has 1 aromatic carbocycles. The van der Waals surface area contributed by atoms with Crippen LogP contribution in [0.2, 0.25) is 0 Å². The Hall–Kier alpha value is -2.01. The van der Waals surface area contributed by atoms with Crippen LogP contribution in [0, 0.1) is 5.82 Å². The number of rotatable bonds is 5. The van der Waals surface area contributed by atoms with Crippen LogP contribution in [-0.4, -0.2) is 15.5 Å². The summed E-state index contributed by atoms with van der Waals surface area (Å²) in [6, 6.07) is 6.51. The van der Waals surface area contributed by atoms with Gasteiger partial charge in [-0.25, -0.2) is 9.37 Å². The first-order chi connectivity index (χ1) is 9.94. The topological polar surface area (TPSA) is 47.0 Å². The quantitative estimate of drug-likeness (QED) is 0.919. The highest BCUT2D eigenvalue weighted by atomic mass is 19.1. The molecule has 112 valence electrons. The minimum Gasteiger partial charge on any atom is -0.472 e. The van der Waals surface area contributed by atoms with Crippen molar-refractivity contribution in [2.75, 3.05) is 0 Å². The van der Waals surface area contributed by atoms with Crippen LogP contribution in [-0.2, 0) is 13.2 Å². The smallest absolute Gasteiger partial charge is 0.232 e. The lowest BCUT2D eigenvalue weighted by molar-refractivity contribution is 0.286. The second-order valence-corrected chi connectivity index (χ2v) is 5.83. The van der Waals surface area contributed by atoms with Gasteiger partial charge in [0.1, 0.15) is 12.4 Å². The average molecular weight is 289 g/mol. The summed E-state index contributed by atoms with van der Waals surface area (Å²) in [6.45, 7) is 7.05. The summed E-state index contributed by atoms with van der Waals surface area (Å²) >= 11 is 0. The summed E-state index contributed by atoms with van der Waals surface area (Å²) in [5.41, 5.74) is 1.36. The third-order valence-corrected chi connectivity index (χ3v) is 2.81. The van der Waals surface area contributed by atoms with Crippen molar-refractivity contribution in [2.24, 2.45) is 0 Å². The summed E-state index contributed by atoms with van der Waals surface area (Å²) in [4.78, 5) is 8.45. The van der Waals surface area contributed by atoms with Crippen molar-refractivity contribution in [3.8, 4) is 5.88 Å². The zero-order chi connectivity index (χ0) is 15.3. The Morgan fingerprint density at radius 1 is 1.14 bits per heavy atom. The molecule has 5 heteroatoms. The van der Waals surface area contributed by atoms with Crippen molar-refractivity contribution in [3.63, 3.8) is 0 Å². The SMILES string of the molecule is CC(C)(C)NCc1cnc(OCc2ccccc2F)cn1. The van der Waals surface area contributed by atoms with Crippen molar-refractivity contribution in [3.05, 3.63) is 53.7 Å². The molecule has 2 rings (SSSR count). The number of hydrogen-bond acceptors (Lipinski definition) is 4. The molecule has 0 bridgehead atoms. The van der Waals surface area contributed by atoms with Gasteiger partial charge >= 0.3 is 0 Å². The Balaban J connectivity index is 1.89. The normalized spacial score (nSPS) is 11.4. The summed E-state index contributed by atoms with van der Waals surface area (Å²) in [5, 5.41) is 3.33. The van der Waals surface area contributed by atoms with Crippen LogP contribution in [0.25, 0.3) is 0 Å². The number of benzene rings is 1. The van der Waals surface area contributed by atoms with Crippen LogP contribution in [0.5, 0.6) is 5.88 Å². The standard InChI is InChI=1S/C16H20FN3O/c1-16(2,3)20-9-13-8-19-15(10-18-13)21-11-12-6-4-5-7-14(12)17/h4-8,10,20H,9,11H2,1-3H3. The van der Waals surface area contributed by atoms with Gasteiger partial charge in [-0.2, -0.15) is 0 Å². The van der Waals surface area contributed by atoms with Crippen molar-refractivity contribution >= 4 is 0 Å². The fourth-order valence-corrected chi connectivity index (χ4v) is 1.63. The Labute approximate surface area is 124 Å². The Bertz CT molecular complexity index is 579.